The van der Waals surface area contributed by atoms with Gasteiger partial charge in [0, 0.05) is 43.3 Å². The number of rotatable bonds is 5. The molecule has 1 amide bonds. The predicted molar refractivity (Wildman–Crippen MR) is 114 cm³/mol. The van der Waals surface area contributed by atoms with Crippen LogP contribution in [-0.4, -0.2) is 42.0 Å². The Morgan fingerprint density at radius 2 is 1.90 bits per heavy atom. The average Bonchev–Trinajstić information content (AvgIpc) is 2.80. The third kappa shape index (κ3) is 4.19. The zero-order valence-electron chi connectivity index (χ0n) is 16.4. The second-order valence-electron chi connectivity index (χ2n) is 7.10. The van der Waals surface area contributed by atoms with Crippen molar-refractivity contribution in [1.82, 2.24) is 15.2 Å². The van der Waals surface area contributed by atoms with E-state index in [1.165, 1.54) is 0 Å². The van der Waals surface area contributed by atoms with Gasteiger partial charge < -0.3 is 15.2 Å². The fraction of sp³-hybridized carbons (Fsp3) is 0.182. The Morgan fingerprint density at radius 3 is 2.70 bits per heavy atom. The molecule has 0 atom stereocenters. The number of para-hydroxylation sites is 1. The minimum absolute atomic E-state index is 0.00658. The smallest absolute Gasteiger partial charge is 0.258 e. The fourth-order valence-corrected chi connectivity index (χ4v) is 3.53. The van der Waals surface area contributed by atoms with Crippen LogP contribution in [0.4, 0.5) is 5.69 Å². The molecule has 0 radical (unpaired) electrons. The molecule has 0 spiro atoms. The van der Waals surface area contributed by atoms with Gasteiger partial charge in [-0.25, -0.2) is 5.53 Å². The lowest BCUT2D eigenvalue weighted by Crippen LogP contribution is -2.71. The molecule has 3 aromatic rings. The Balaban J connectivity index is 1.58. The van der Waals surface area contributed by atoms with E-state index < -0.39 is 0 Å². The molecule has 4 rings (SSSR count). The van der Waals surface area contributed by atoms with Crippen molar-refractivity contribution in [2.75, 3.05) is 26.2 Å². The molecule has 0 bridgehead atoms. The number of amides is 1. The van der Waals surface area contributed by atoms with Crippen molar-refractivity contribution >= 4 is 28.2 Å². The van der Waals surface area contributed by atoms with Crippen molar-refractivity contribution in [3.8, 4) is 0 Å². The minimum atomic E-state index is -0.299. The van der Waals surface area contributed by atoms with E-state index in [1.54, 1.807) is 23.6 Å². The van der Waals surface area contributed by atoms with Gasteiger partial charge in [-0.05, 0) is 29.7 Å². The number of pyridine rings is 1. The van der Waals surface area contributed by atoms with Gasteiger partial charge >= 0.3 is 0 Å². The van der Waals surface area contributed by atoms with Crippen LogP contribution in [0.3, 0.4) is 0 Å². The molecule has 1 fully saturated rings. The lowest BCUT2D eigenvalue weighted by molar-refractivity contribution is -0.495. The molecule has 1 aromatic heterocycles. The molecule has 0 aliphatic carbocycles. The number of piperazine rings is 1. The number of nitrogens with zero attached hydrogens (tertiary/aromatic N) is 2. The quantitative estimate of drug-likeness (QED) is 0.384. The lowest BCUT2D eigenvalue weighted by atomic mass is 10.1. The topological polar surface area (TPSA) is 118 Å². The number of benzene rings is 2. The summed E-state index contributed by atoms with van der Waals surface area (Å²) in [4.78, 5) is 29.8. The predicted octanol–water partition coefficient (Wildman–Crippen LogP) is 1.80. The number of carbonyl (C=O) groups excluding carboxylic acids is 1. The largest absolute Gasteiger partial charge is 0.336 e. The molecule has 30 heavy (non-hydrogen) atoms. The Morgan fingerprint density at radius 1 is 1.10 bits per heavy atom. The Bertz CT molecular complexity index is 1180. The minimum Gasteiger partial charge on any atom is -0.336 e. The van der Waals surface area contributed by atoms with E-state index in [1.807, 2.05) is 47.4 Å². The van der Waals surface area contributed by atoms with Crippen LogP contribution < -0.4 is 16.2 Å². The van der Waals surface area contributed by atoms with Crippen LogP contribution in [-0.2, 0) is 0 Å². The number of H-pyrrole nitrogens is 1. The summed E-state index contributed by atoms with van der Waals surface area (Å²) in [6.45, 7) is 2.99. The van der Waals surface area contributed by atoms with Crippen LogP contribution in [0.15, 0.2) is 70.7 Å². The molecule has 152 valence electrons. The van der Waals surface area contributed by atoms with Crippen molar-refractivity contribution in [3.63, 3.8) is 0 Å². The van der Waals surface area contributed by atoms with E-state index in [4.69, 9.17) is 5.53 Å². The molecule has 8 heteroatoms. The van der Waals surface area contributed by atoms with Crippen LogP contribution in [0.1, 0.15) is 15.9 Å². The van der Waals surface area contributed by atoms with Crippen molar-refractivity contribution < 1.29 is 10.1 Å². The van der Waals surface area contributed by atoms with Gasteiger partial charge in [-0.3, -0.25) is 14.9 Å². The van der Waals surface area contributed by atoms with E-state index in [0.717, 1.165) is 29.7 Å². The van der Waals surface area contributed by atoms with Gasteiger partial charge in [0.1, 0.15) is 11.9 Å². The molecule has 1 saturated heterocycles. The van der Waals surface area contributed by atoms with Crippen molar-refractivity contribution in [2.45, 2.75) is 0 Å². The Labute approximate surface area is 173 Å². The number of aromatic amines is 1. The van der Waals surface area contributed by atoms with E-state index in [0.29, 0.717) is 24.2 Å². The standard InChI is InChI=1S/C22H22N6O2/c23-27-20(18-13-15-4-1-2-7-19(15)26-21(18)29)14-25-17-6-3-5-16(12-17)22(30)28-10-8-24-9-11-28/h1-7,12-14,23-25H,8-11H2,(H,26,29)/p+1. The normalized spacial score (nSPS) is 14.7. The molecular weight excluding hydrogens is 380 g/mol. The van der Waals surface area contributed by atoms with Gasteiger partial charge in [0.2, 0.25) is 0 Å². The maximum atomic E-state index is 12.7. The van der Waals surface area contributed by atoms with Crippen LogP contribution >= 0.6 is 0 Å². The number of nitrogens with two attached hydrogens (primary N) is 1. The molecule has 2 aromatic carbocycles. The maximum Gasteiger partial charge on any atom is 0.258 e. The highest BCUT2D eigenvalue weighted by Gasteiger charge is 2.18. The van der Waals surface area contributed by atoms with Gasteiger partial charge in [-0.1, -0.05) is 24.3 Å². The Hall–Kier alpha value is -3.62. The Kier molecular flexibility index (Phi) is 5.78. The molecule has 0 saturated carbocycles. The third-order valence-electron chi connectivity index (χ3n) is 5.12. The molecule has 8 nitrogen and oxygen atoms in total. The summed E-state index contributed by atoms with van der Waals surface area (Å²) in [5.74, 6) is 0.00658. The number of carbonyl (C=O) groups is 1. The van der Waals surface area contributed by atoms with E-state index in [2.05, 4.69) is 15.4 Å². The first-order valence-electron chi connectivity index (χ1n) is 9.81. The molecule has 2 heterocycles. The summed E-state index contributed by atoms with van der Waals surface area (Å²) >= 11 is 0. The third-order valence-corrected chi connectivity index (χ3v) is 5.12. The van der Waals surface area contributed by atoms with E-state index in [-0.39, 0.29) is 17.2 Å². The van der Waals surface area contributed by atoms with Crippen LogP contribution in [0.5, 0.6) is 0 Å². The van der Waals surface area contributed by atoms with Gasteiger partial charge in [0.25, 0.3) is 11.5 Å². The van der Waals surface area contributed by atoms with Gasteiger partial charge in [0.15, 0.2) is 5.70 Å². The number of hydrogen-bond donors (Lipinski definition) is 4. The SMILES string of the molecule is N=NC(=C[NH2+]c1cccc(C(=O)N2CCNCC2)c1)c1cc2ccccc2[nH]c1=O. The molecule has 0 unspecified atom stereocenters. The fourth-order valence-electron chi connectivity index (χ4n) is 3.53. The summed E-state index contributed by atoms with van der Waals surface area (Å²) in [5, 5.41) is 9.41. The highest BCUT2D eigenvalue weighted by atomic mass is 16.2. The number of aromatic nitrogens is 1. The highest BCUT2D eigenvalue weighted by molar-refractivity contribution is 5.95. The maximum absolute atomic E-state index is 12.7. The van der Waals surface area contributed by atoms with Crippen molar-refractivity contribution in [3.05, 3.63) is 82.3 Å². The monoisotopic (exact) mass is 403 g/mol. The first kappa shape index (κ1) is 19.7. The lowest BCUT2D eigenvalue weighted by Gasteiger charge is -2.27. The number of hydrogen-bond acceptors (Lipinski definition) is 5. The second kappa shape index (κ2) is 8.81. The molecule has 1 aliphatic heterocycles. The highest BCUT2D eigenvalue weighted by Crippen LogP contribution is 2.16. The molecule has 5 N–H and O–H groups in total. The molecule has 1 aliphatic rings. The van der Waals surface area contributed by atoms with Crippen LogP contribution in [0, 0.1) is 5.53 Å². The summed E-state index contributed by atoms with van der Waals surface area (Å²) in [6.07, 6.45) is 1.63. The van der Waals surface area contributed by atoms with Crippen molar-refractivity contribution in [2.24, 2.45) is 5.11 Å². The zero-order valence-corrected chi connectivity index (χ0v) is 16.4. The number of fused-ring (bicyclic) bond motifs is 1. The van der Waals surface area contributed by atoms with Crippen molar-refractivity contribution in [1.29, 1.82) is 5.53 Å². The van der Waals surface area contributed by atoms with Gasteiger partial charge in [0.05, 0.1) is 5.56 Å². The first-order valence-corrected chi connectivity index (χ1v) is 9.81. The van der Waals surface area contributed by atoms with Gasteiger partial charge in [-0.2, -0.15) is 5.11 Å². The van der Waals surface area contributed by atoms with Crippen LogP contribution in [0.2, 0.25) is 0 Å². The van der Waals surface area contributed by atoms with Crippen LogP contribution in [0.25, 0.3) is 16.6 Å². The van der Waals surface area contributed by atoms with E-state index in [9.17, 15) is 9.59 Å². The molecular formula is C22H23N6O2+. The number of quaternary nitrogens is 1. The second-order valence-corrected chi connectivity index (χ2v) is 7.10. The first-order chi connectivity index (χ1) is 14.7. The van der Waals surface area contributed by atoms with E-state index >= 15 is 0 Å². The summed E-state index contributed by atoms with van der Waals surface area (Å²) < 4.78 is 0. The summed E-state index contributed by atoms with van der Waals surface area (Å²) in [6, 6.07) is 16.5. The summed E-state index contributed by atoms with van der Waals surface area (Å²) in [7, 11) is 0. The number of nitrogens with one attached hydrogen (secondary N) is 3. The zero-order chi connectivity index (χ0) is 20.9. The summed E-state index contributed by atoms with van der Waals surface area (Å²) in [5.41, 5.74) is 9.96. The average molecular weight is 403 g/mol. The van der Waals surface area contributed by atoms with Gasteiger partial charge in [-0.15, -0.1) is 0 Å².